The van der Waals surface area contributed by atoms with Gasteiger partial charge in [-0.25, -0.2) is 9.59 Å². The van der Waals surface area contributed by atoms with Crippen molar-refractivity contribution < 1.29 is 19.1 Å². The van der Waals surface area contributed by atoms with Crippen LogP contribution in [0.25, 0.3) is 0 Å². The van der Waals surface area contributed by atoms with Crippen molar-refractivity contribution >= 4 is 23.7 Å². The number of nitrogens with one attached hydrogen (secondary N) is 1. The van der Waals surface area contributed by atoms with Crippen molar-refractivity contribution in [1.29, 1.82) is 0 Å². The minimum Gasteiger partial charge on any atom is -0.463 e. The van der Waals surface area contributed by atoms with Crippen molar-refractivity contribution in [2.75, 3.05) is 13.2 Å². The minimum atomic E-state index is -0.531. The quantitative estimate of drug-likeness (QED) is 0.516. The van der Waals surface area contributed by atoms with E-state index in [1.54, 1.807) is 18.7 Å². The van der Waals surface area contributed by atoms with E-state index in [9.17, 15) is 9.59 Å². The third-order valence-electron chi connectivity index (χ3n) is 5.51. The number of hydrogen-bond acceptors (Lipinski definition) is 6. The molecule has 0 saturated carbocycles. The summed E-state index contributed by atoms with van der Waals surface area (Å²) in [5.41, 5.74) is 4.48. The van der Waals surface area contributed by atoms with Gasteiger partial charge in [0.1, 0.15) is 6.61 Å². The van der Waals surface area contributed by atoms with Crippen molar-refractivity contribution in [1.82, 2.24) is 5.32 Å². The molecule has 0 amide bonds. The van der Waals surface area contributed by atoms with E-state index < -0.39 is 17.9 Å². The fourth-order valence-corrected chi connectivity index (χ4v) is 5.22. The Morgan fingerprint density at radius 1 is 1.19 bits per heavy atom. The molecule has 5 nitrogen and oxygen atoms in total. The lowest BCUT2D eigenvalue weighted by Crippen LogP contribution is -2.30. The number of allylic oxidation sites excluding steroid dienone is 1. The molecule has 2 aliphatic heterocycles. The van der Waals surface area contributed by atoms with Crippen LogP contribution in [-0.4, -0.2) is 25.2 Å². The molecule has 0 saturated heterocycles. The number of cyclic esters (lactones) is 1. The van der Waals surface area contributed by atoms with Crippen LogP contribution in [0.4, 0.5) is 0 Å². The molecule has 2 aliphatic rings. The van der Waals surface area contributed by atoms with Crippen LogP contribution in [0.2, 0.25) is 0 Å². The van der Waals surface area contributed by atoms with Gasteiger partial charge in [-0.3, -0.25) is 0 Å². The molecule has 2 unspecified atom stereocenters. The van der Waals surface area contributed by atoms with E-state index in [1.807, 2.05) is 49.4 Å². The molecule has 2 aromatic rings. The number of benzene rings is 2. The van der Waals surface area contributed by atoms with Crippen LogP contribution < -0.4 is 5.32 Å². The highest BCUT2D eigenvalue weighted by molar-refractivity contribution is 7.99. The molecule has 160 valence electrons. The molecule has 0 aromatic heterocycles. The van der Waals surface area contributed by atoms with Crippen LogP contribution in [-0.2, 0) is 19.1 Å². The average molecular weight is 436 g/mol. The summed E-state index contributed by atoms with van der Waals surface area (Å²) in [5.74, 6) is -1.34. The summed E-state index contributed by atoms with van der Waals surface area (Å²) in [6, 6.07) is 18.2. The molecule has 0 bridgehead atoms. The summed E-state index contributed by atoms with van der Waals surface area (Å²) in [7, 11) is 0. The Labute approximate surface area is 186 Å². The number of rotatable bonds is 6. The van der Waals surface area contributed by atoms with Gasteiger partial charge in [0.2, 0.25) is 0 Å². The van der Waals surface area contributed by atoms with Crippen LogP contribution in [0.15, 0.2) is 82.0 Å². The van der Waals surface area contributed by atoms with Crippen LogP contribution in [0.5, 0.6) is 0 Å². The van der Waals surface area contributed by atoms with Crippen LogP contribution in [0, 0.1) is 0 Å². The molecule has 6 heteroatoms. The van der Waals surface area contributed by atoms with Gasteiger partial charge in [0.15, 0.2) is 0 Å². The highest BCUT2D eigenvalue weighted by atomic mass is 32.2. The zero-order valence-electron chi connectivity index (χ0n) is 17.8. The minimum absolute atomic E-state index is 0.188. The van der Waals surface area contributed by atoms with Crippen LogP contribution in [0.1, 0.15) is 43.1 Å². The molecule has 0 spiro atoms. The Bertz CT molecular complexity index is 1070. The van der Waals surface area contributed by atoms with Crippen LogP contribution in [0.3, 0.4) is 0 Å². The van der Waals surface area contributed by atoms with Gasteiger partial charge in [0.25, 0.3) is 0 Å². The predicted octanol–water partition coefficient (Wildman–Crippen LogP) is 4.87. The van der Waals surface area contributed by atoms with E-state index in [0.717, 1.165) is 16.2 Å². The number of thioether (sulfide) groups is 1. The Morgan fingerprint density at radius 3 is 2.65 bits per heavy atom. The molecular weight excluding hydrogens is 410 g/mol. The normalized spacial score (nSPS) is 18.9. The van der Waals surface area contributed by atoms with Gasteiger partial charge < -0.3 is 14.8 Å². The van der Waals surface area contributed by atoms with Crippen molar-refractivity contribution in [3.8, 4) is 0 Å². The summed E-state index contributed by atoms with van der Waals surface area (Å²) in [6.45, 7) is 6.22. The zero-order chi connectivity index (χ0) is 22.0. The standard InChI is InChI=1S/C25H25NO4S/c1-4-29-24(27)21-15(2)26-19-14-30-25(28)23(19)22(21)18-12-8-9-13-20(18)31-16(3)17-10-6-5-7-11-17/h5-13,16,22,26H,4,14H2,1-3H3. The Kier molecular flexibility index (Phi) is 6.18. The predicted molar refractivity (Wildman–Crippen MR) is 120 cm³/mol. The van der Waals surface area contributed by atoms with Crippen molar-refractivity contribution in [2.24, 2.45) is 0 Å². The molecule has 0 aliphatic carbocycles. The van der Waals surface area contributed by atoms with Crippen molar-refractivity contribution in [3.05, 3.63) is 88.3 Å². The molecule has 31 heavy (non-hydrogen) atoms. The molecule has 0 radical (unpaired) electrons. The first kappa shape index (κ1) is 21.2. The average Bonchev–Trinajstić information content (AvgIpc) is 3.14. The maximum atomic E-state index is 12.9. The summed E-state index contributed by atoms with van der Waals surface area (Å²) in [4.78, 5) is 26.6. The van der Waals surface area contributed by atoms with Crippen LogP contribution >= 0.6 is 11.8 Å². The SMILES string of the molecule is CCOC(=O)C1=C(C)NC2=C(C(=O)OC2)C1c1ccccc1SC(C)c1ccccc1. The number of carbonyl (C=O) groups is 2. The van der Waals surface area contributed by atoms with Gasteiger partial charge in [0, 0.05) is 15.8 Å². The van der Waals surface area contributed by atoms with E-state index in [1.165, 1.54) is 5.56 Å². The second-order valence-electron chi connectivity index (χ2n) is 7.49. The first-order valence-corrected chi connectivity index (χ1v) is 11.2. The maximum absolute atomic E-state index is 12.9. The smallest absolute Gasteiger partial charge is 0.337 e. The van der Waals surface area contributed by atoms with Gasteiger partial charge in [-0.05, 0) is 38.0 Å². The number of dihydropyridines is 1. The maximum Gasteiger partial charge on any atom is 0.337 e. The fourth-order valence-electron chi connectivity index (χ4n) is 4.07. The molecule has 2 aromatic carbocycles. The first-order valence-electron chi connectivity index (χ1n) is 10.4. The molecule has 0 fully saturated rings. The first-order chi connectivity index (χ1) is 15.0. The lowest BCUT2D eigenvalue weighted by molar-refractivity contribution is -0.138. The second-order valence-corrected chi connectivity index (χ2v) is 8.88. The van der Waals surface area contributed by atoms with E-state index in [4.69, 9.17) is 9.47 Å². The van der Waals surface area contributed by atoms with Gasteiger partial charge in [-0.2, -0.15) is 0 Å². The Hall–Kier alpha value is -2.99. The van der Waals surface area contributed by atoms with Gasteiger partial charge in [-0.1, -0.05) is 48.5 Å². The third-order valence-corrected chi connectivity index (χ3v) is 6.76. The van der Waals surface area contributed by atoms with E-state index in [0.29, 0.717) is 16.8 Å². The van der Waals surface area contributed by atoms with E-state index in [2.05, 4.69) is 24.4 Å². The largest absolute Gasteiger partial charge is 0.463 e. The second kappa shape index (κ2) is 9.02. The molecule has 2 heterocycles. The molecule has 2 atom stereocenters. The lowest BCUT2D eigenvalue weighted by atomic mass is 9.81. The molecule has 1 N–H and O–H groups in total. The van der Waals surface area contributed by atoms with E-state index >= 15 is 0 Å². The topological polar surface area (TPSA) is 64.6 Å². The summed E-state index contributed by atoms with van der Waals surface area (Å²) in [6.07, 6.45) is 0. The Balaban J connectivity index is 1.79. The zero-order valence-corrected chi connectivity index (χ0v) is 18.6. The monoisotopic (exact) mass is 435 g/mol. The molecular formula is C25H25NO4S. The fraction of sp³-hybridized carbons (Fsp3) is 0.280. The van der Waals surface area contributed by atoms with Gasteiger partial charge >= 0.3 is 11.9 Å². The number of ether oxygens (including phenoxy) is 2. The van der Waals surface area contributed by atoms with Gasteiger partial charge in [-0.15, -0.1) is 11.8 Å². The third kappa shape index (κ3) is 4.12. The summed E-state index contributed by atoms with van der Waals surface area (Å²) >= 11 is 1.71. The van der Waals surface area contributed by atoms with Gasteiger partial charge in [0.05, 0.1) is 29.4 Å². The highest BCUT2D eigenvalue weighted by Crippen LogP contribution is 2.46. The number of carbonyl (C=O) groups excluding carboxylic acids is 2. The van der Waals surface area contributed by atoms with E-state index in [-0.39, 0.29) is 18.5 Å². The number of esters is 2. The highest BCUT2D eigenvalue weighted by Gasteiger charge is 2.42. The van der Waals surface area contributed by atoms with Crippen molar-refractivity contribution in [2.45, 2.75) is 36.8 Å². The molecule has 4 rings (SSSR count). The van der Waals surface area contributed by atoms with Crippen molar-refractivity contribution in [3.63, 3.8) is 0 Å². The Morgan fingerprint density at radius 2 is 1.90 bits per heavy atom. The number of hydrogen-bond donors (Lipinski definition) is 1. The summed E-state index contributed by atoms with van der Waals surface area (Å²) in [5, 5.41) is 3.39. The summed E-state index contributed by atoms with van der Waals surface area (Å²) < 4.78 is 10.7. The lowest BCUT2D eigenvalue weighted by Gasteiger charge is -2.29.